The van der Waals surface area contributed by atoms with Crippen molar-refractivity contribution >= 4 is 11.3 Å². The molecule has 18 heavy (non-hydrogen) atoms. The molecule has 1 unspecified atom stereocenters. The number of nitrogens with zero attached hydrogens (tertiary/aromatic N) is 2. The van der Waals surface area contributed by atoms with Crippen LogP contribution in [0.2, 0.25) is 0 Å². The van der Waals surface area contributed by atoms with Crippen LogP contribution in [0.4, 0.5) is 0 Å². The lowest BCUT2D eigenvalue weighted by atomic mass is 9.92. The van der Waals surface area contributed by atoms with Gasteiger partial charge in [-0.3, -0.25) is 0 Å². The second-order valence-corrected chi connectivity index (χ2v) is 5.58. The first kappa shape index (κ1) is 11.9. The van der Waals surface area contributed by atoms with E-state index in [1.54, 1.807) is 11.3 Å². The van der Waals surface area contributed by atoms with E-state index in [2.05, 4.69) is 22.4 Å². The minimum atomic E-state index is -0.0873. The van der Waals surface area contributed by atoms with Crippen molar-refractivity contribution in [3.8, 4) is 11.4 Å². The van der Waals surface area contributed by atoms with Gasteiger partial charge in [0.1, 0.15) is 0 Å². The minimum absolute atomic E-state index is 0.0873. The summed E-state index contributed by atoms with van der Waals surface area (Å²) >= 11 is 1.65. The number of thiophene rings is 1. The fraction of sp³-hybridized carbons (Fsp3) is 0.538. The monoisotopic (exact) mass is 263 g/mol. The van der Waals surface area contributed by atoms with E-state index in [-0.39, 0.29) is 5.54 Å². The third-order valence-corrected chi connectivity index (χ3v) is 4.22. The predicted octanol–water partition coefficient (Wildman–Crippen LogP) is 3.18. The zero-order valence-electron chi connectivity index (χ0n) is 10.5. The molecule has 5 heteroatoms. The van der Waals surface area contributed by atoms with Crippen LogP contribution in [0.1, 0.15) is 38.5 Å². The lowest BCUT2D eigenvalue weighted by Gasteiger charge is -2.24. The third-order valence-electron chi connectivity index (χ3n) is 3.54. The zero-order valence-corrected chi connectivity index (χ0v) is 11.3. The lowest BCUT2D eigenvalue weighted by Crippen LogP contribution is -2.36. The Morgan fingerprint density at radius 3 is 3.17 bits per heavy atom. The Hall–Kier alpha value is -1.20. The van der Waals surface area contributed by atoms with E-state index in [1.165, 1.54) is 6.42 Å². The molecule has 0 bridgehead atoms. The first-order valence-corrected chi connectivity index (χ1v) is 7.40. The molecule has 2 aromatic rings. The molecule has 0 aromatic carbocycles. The van der Waals surface area contributed by atoms with E-state index in [0.29, 0.717) is 5.82 Å². The number of aromatic nitrogens is 2. The SMILES string of the molecule is CCCC1(c2nc(-c3ccsc3)no2)CCCN1. The molecule has 3 rings (SSSR count). The predicted molar refractivity (Wildman–Crippen MR) is 71.4 cm³/mol. The van der Waals surface area contributed by atoms with Crippen LogP contribution in [-0.2, 0) is 5.54 Å². The van der Waals surface area contributed by atoms with Crippen molar-refractivity contribution in [2.75, 3.05) is 6.54 Å². The van der Waals surface area contributed by atoms with E-state index in [4.69, 9.17) is 4.52 Å². The average molecular weight is 263 g/mol. The summed E-state index contributed by atoms with van der Waals surface area (Å²) in [6.45, 7) is 3.23. The highest BCUT2D eigenvalue weighted by Crippen LogP contribution is 2.35. The molecule has 0 radical (unpaired) electrons. The standard InChI is InChI=1S/C13H17N3OS/c1-2-5-13(6-3-7-14-13)12-15-11(16-17-12)10-4-8-18-9-10/h4,8-9,14H,2-3,5-7H2,1H3. The summed E-state index contributed by atoms with van der Waals surface area (Å²) in [6, 6.07) is 2.02. The molecule has 2 aromatic heterocycles. The summed E-state index contributed by atoms with van der Waals surface area (Å²) in [4.78, 5) is 4.59. The quantitative estimate of drug-likeness (QED) is 0.920. The molecule has 1 aliphatic rings. The molecule has 0 amide bonds. The fourth-order valence-electron chi connectivity index (χ4n) is 2.66. The number of hydrogen-bond acceptors (Lipinski definition) is 5. The van der Waals surface area contributed by atoms with Gasteiger partial charge in [-0.05, 0) is 37.3 Å². The third kappa shape index (κ3) is 1.97. The van der Waals surface area contributed by atoms with E-state index in [1.807, 2.05) is 16.8 Å². The summed E-state index contributed by atoms with van der Waals surface area (Å²) in [5, 5.41) is 11.7. The highest BCUT2D eigenvalue weighted by Gasteiger charge is 2.39. The molecule has 0 spiro atoms. The zero-order chi connectivity index (χ0) is 12.4. The molecule has 3 heterocycles. The largest absolute Gasteiger partial charge is 0.337 e. The Balaban J connectivity index is 1.92. The molecule has 0 aliphatic carbocycles. The van der Waals surface area contributed by atoms with Gasteiger partial charge in [0.25, 0.3) is 0 Å². The Bertz CT molecular complexity index is 500. The molecular formula is C13H17N3OS. The molecule has 1 atom stereocenters. The van der Waals surface area contributed by atoms with Gasteiger partial charge in [-0.25, -0.2) is 0 Å². The normalized spacial score (nSPS) is 23.6. The molecule has 1 N–H and O–H groups in total. The van der Waals surface area contributed by atoms with Crippen molar-refractivity contribution in [2.24, 2.45) is 0 Å². The second-order valence-electron chi connectivity index (χ2n) is 4.80. The maximum atomic E-state index is 5.51. The van der Waals surface area contributed by atoms with E-state index in [9.17, 15) is 0 Å². The molecule has 4 nitrogen and oxygen atoms in total. The Kier molecular flexibility index (Phi) is 3.18. The van der Waals surface area contributed by atoms with Gasteiger partial charge >= 0.3 is 0 Å². The highest BCUT2D eigenvalue weighted by atomic mass is 32.1. The first-order chi connectivity index (χ1) is 8.84. The molecule has 1 fully saturated rings. The molecule has 0 saturated carbocycles. The van der Waals surface area contributed by atoms with Crippen LogP contribution in [0.5, 0.6) is 0 Å². The van der Waals surface area contributed by atoms with Gasteiger partial charge in [-0.2, -0.15) is 16.3 Å². The van der Waals surface area contributed by atoms with Crippen LogP contribution in [0.3, 0.4) is 0 Å². The van der Waals surface area contributed by atoms with Crippen molar-refractivity contribution in [3.63, 3.8) is 0 Å². The van der Waals surface area contributed by atoms with Gasteiger partial charge in [-0.1, -0.05) is 18.5 Å². The summed E-state index contributed by atoms with van der Waals surface area (Å²) in [6.07, 6.45) is 4.43. The van der Waals surface area contributed by atoms with E-state index in [0.717, 1.165) is 37.3 Å². The van der Waals surface area contributed by atoms with Crippen LogP contribution in [-0.4, -0.2) is 16.7 Å². The van der Waals surface area contributed by atoms with Crippen LogP contribution in [0, 0.1) is 0 Å². The first-order valence-electron chi connectivity index (χ1n) is 6.46. The van der Waals surface area contributed by atoms with Crippen LogP contribution in [0.15, 0.2) is 21.3 Å². The van der Waals surface area contributed by atoms with Crippen molar-refractivity contribution in [1.82, 2.24) is 15.5 Å². The lowest BCUT2D eigenvalue weighted by molar-refractivity contribution is 0.241. The van der Waals surface area contributed by atoms with Crippen LogP contribution < -0.4 is 5.32 Å². The van der Waals surface area contributed by atoms with Gasteiger partial charge in [0, 0.05) is 10.9 Å². The van der Waals surface area contributed by atoms with Gasteiger partial charge in [0.05, 0.1) is 5.54 Å². The summed E-state index contributed by atoms with van der Waals surface area (Å²) in [5.74, 6) is 1.46. The number of nitrogens with one attached hydrogen (secondary N) is 1. The topological polar surface area (TPSA) is 51.0 Å². The van der Waals surface area contributed by atoms with Crippen molar-refractivity contribution in [1.29, 1.82) is 0 Å². The number of rotatable bonds is 4. The van der Waals surface area contributed by atoms with Crippen molar-refractivity contribution < 1.29 is 4.52 Å². The summed E-state index contributed by atoms with van der Waals surface area (Å²) in [7, 11) is 0. The Labute approximate surface area is 110 Å². The van der Waals surface area contributed by atoms with Gasteiger partial charge < -0.3 is 9.84 Å². The van der Waals surface area contributed by atoms with Crippen LogP contribution in [0.25, 0.3) is 11.4 Å². The van der Waals surface area contributed by atoms with Gasteiger partial charge in [0.15, 0.2) is 0 Å². The molecule has 1 aliphatic heterocycles. The smallest absolute Gasteiger partial charge is 0.247 e. The number of hydrogen-bond donors (Lipinski definition) is 1. The Morgan fingerprint density at radius 1 is 1.56 bits per heavy atom. The fourth-order valence-corrected chi connectivity index (χ4v) is 3.30. The molecule has 96 valence electrons. The molecular weight excluding hydrogens is 246 g/mol. The molecule has 1 saturated heterocycles. The summed E-state index contributed by atoms with van der Waals surface area (Å²) < 4.78 is 5.51. The second kappa shape index (κ2) is 4.82. The van der Waals surface area contributed by atoms with Crippen LogP contribution >= 0.6 is 11.3 Å². The van der Waals surface area contributed by atoms with Gasteiger partial charge in [-0.15, -0.1) is 0 Å². The summed E-state index contributed by atoms with van der Waals surface area (Å²) in [5.41, 5.74) is 0.954. The minimum Gasteiger partial charge on any atom is -0.337 e. The van der Waals surface area contributed by atoms with E-state index >= 15 is 0 Å². The van der Waals surface area contributed by atoms with Gasteiger partial charge in [0.2, 0.25) is 11.7 Å². The average Bonchev–Trinajstić information content (AvgIpc) is 3.11. The Morgan fingerprint density at radius 2 is 2.50 bits per heavy atom. The van der Waals surface area contributed by atoms with Crippen molar-refractivity contribution in [3.05, 3.63) is 22.7 Å². The highest BCUT2D eigenvalue weighted by molar-refractivity contribution is 7.08. The van der Waals surface area contributed by atoms with Crippen molar-refractivity contribution in [2.45, 2.75) is 38.1 Å². The maximum absolute atomic E-state index is 5.51. The maximum Gasteiger partial charge on any atom is 0.247 e. The van der Waals surface area contributed by atoms with E-state index < -0.39 is 0 Å².